The van der Waals surface area contributed by atoms with Gasteiger partial charge in [-0.3, -0.25) is 4.79 Å². The average Bonchev–Trinajstić information content (AvgIpc) is 2.33. The van der Waals surface area contributed by atoms with Gasteiger partial charge in [-0.1, -0.05) is 18.5 Å². The lowest BCUT2D eigenvalue weighted by atomic mass is 10.2. The van der Waals surface area contributed by atoms with Gasteiger partial charge in [0.15, 0.2) is 0 Å². The SMILES string of the molecule is CCC(C)NC(=O)CCNc1cc(Cl)ccc1N. The molecule has 0 heterocycles. The minimum Gasteiger partial charge on any atom is -0.397 e. The zero-order valence-electron chi connectivity index (χ0n) is 10.8. The Morgan fingerprint density at radius 3 is 2.89 bits per heavy atom. The second-order valence-corrected chi connectivity index (χ2v) is 4.72. The fourth-order valence-electron chi connectivity index (χ4n) is 1.44. The van der Waals surface area contributed by atoms with E-state index in [0.29, 0.717) is 23.7 Å². The molecular formula is C13H20ClN3O. The second-order valence-electron chi connectivity index (χ2n) is 4.29. The van der Waals surface area contributed by atoms with Gasteiger partial charge in [0, 0.05) is 24.0 Å². The molecule has 1 aromatic carbocycles. The molecule has 0 aliphatic rings. The topological polar surface area (TPSA) is 67.2 Å². The van der Waals surface area contributed by atoms with E-state index in [4.69, 9.17) is 17.3 Å². The first kappa shape index (κ1) is 14.6. The van der Waals surface area contributed by atoms with E-state index in [2.05, 4.69) is 10.6 Å². The normalized spacial score (nSPS) is 11.9. The summed E-state index contributed by atoms with van der Waals surface area (Å²) in [5, 5.41) is 6.63. The monoisotopic (exact) mass is 269 g/mol. The van der Waals surface area contributed by atoms with Crippen LogP contribution in [0.3, 0.4) is 0 Å². The Bertz CT molecular complexity index is 409. The van der Waals surface area contributed by atoms with E-state index in [0.717, 1.165) is 12.1 Å². The van der Waals surface area contributed by atoms with Crippen molar-refractivity contribution < 1.29 is 4.79 Å². The maximum Gasteiger partial charge on any atom is 0.221 e. The predicted octanol–water partition coefficient (Wildman–Crippen LogP) is 2.64. The molecule has 0 fully saturated rings. The molecular weight excluding hydrogens is 250 g/mol. The van der Waals surface area contributed by atoms with Crippen molar-refractivity contribution in [2.24, 2.45) is 0 Å². The lowest BCUT2D eigenvalue weighted by molar-refractivity contribution is -0.121. The summed E-state index contributed by atoms with van der Waals surface area (Å²) in [6, 6.07) is 5.44. The van der Waals surface area contributed by atoms with Gasteiger partial charge in [-0.2, -0.15) is 0 Å². The van der Waals surface area contributed by atoms with E-state index in [1.54, 1.807) is 18.2 Å². The van der Waals surface area contributed by atoms with Gasteiger partial charge in [-0.15, -0.1) is 0 Å². The largest absolute Gasteiger partial charge is 0.397 e. The predicted molar refractivity (Wildman–Crippen MR) is 76.9 cm³/mol. The summed E-state index contributed by atoms with van der Waals surface area (Å²) in [7, 11) is 0. The number of amides is 1. The lowest BCUT2D eigenvalue weighted by Gasteiger charge is -2.12. The highest BCUT2D eigenvalue weighted by Crippen LogP contribution is 2.22. The van der Waals surface area contributed by atoms with Crippen molar-refractivity contribution in [3.05, 3.63) is 23.2 Å². The van der Waals surface area contributed by atoms with Gasteiger partial charge in [-0.25, -0.2) is 0 Å². The minimum absolute atomic E-state index is 0.0393. The molecule has 5 heteroatoms. The maximum absolute atomic E-state index is 11.5. The van der Waals surface area contributed by atoms with Gasteiger partial charge >= 0.3 is 0 Å². The number of anilines is 2. The van der Waals surface area contributed by atoms with Crippen molar-refractivity contribution in [1.29, 1.82) is 0 Å². The smallest absolute Gasteiger partial charge is 0.221 e. The Morgan fingerprint density at radius 2 is 2.22 bits per heavy atom. The van der Waals surface area contributed by atoms with Crippen LogP contribution < -0.4 is 16.4 Å². The molecule has 0 bridgehead atoms. The molecule has 0 aliphatic carbocycles. The quantitative estimate of drug-likeness (QED) is 0.696. The van der Waals surface area contributed by atoms with Crippen molar-refractivity contribution in [2.75, 3.05) is 17.6 Å². The number of halogens is 1. The zero-order valence-corrected chi connectivity index (χ0v) is 11.6. The number of nitrogens with one attached hydrogen (secondary N) is 2. The van der Waals surface area contributed by atoms with Crippen molar-refractivity contribution in [3.63, 3.8) is 0 Å². The number of carbonyl (C=O) groups is 1. The van der Waals surface area contributed by atoms with Crippen LogP contribution in [0.15, 0.2) is 18.2 Å². The molecule has 0 saturated heterocycles. The molecule has 4 N–H and O–H groups in total. The van der Waals surface area contributed by atoms with Crippen molar-refractivity contribution in [1.82, 2.24) is 5.32 Å². The molecule has 1 aromatic rings. The van der Waals surface area contributed by atoms with Crippen LogP contribution in [0, 0.1) is 0 Å². The fraction of sp³-hybridized carbons (Fsp3) is 0.462. The number of hydrogen-bond donors (Lipinski definition) is 3. The molecule has 0 aromatic heterocycles. The number of nitrogen functional groups attached to an aromatic ring is 1. The van der Waals surface area contributed by atoms with Crippen molar-refractivity contribution in [3.8, 4) is 0 Å². The van der Waals surface area contributed by atoms with Crippen LogP contribution >= 0.6 is 11.6 Å². The fourth-order valence-corrected chi connectivity index (χ4v) is 1.61. The van der Waals surface area contributed by atoms with Crippen molar-refractivity contribution in [2.45, 2.75) is 32.7 Å². The highest BCUT2D eigenvalue weighted by Gasteiger charge is 2.05. The molecule has 18 heavy (non-hydrogen) atoms. The van der Waals surface area contributed by atoms with Crippen LogP contribution in [-0.4, -0.2) is 18.5 Å². The maximum atomic E-state index is 11.5. The van der Waals surface area contributed by atoms with E-state index in [9.17, 15) is 4.79 Å². The highest BCUT2D eigenvalue weighted by molar-refractivity contribution is 6.31. The Labute approximate surface area is 113 Å². The summed E-state index contributed by atoms with van der Waals surface area (Å²) >= 11 is 5.87. The van der Waals surface area contributed by atoms with Gasteiger partial charge in [0.05, 0.1) is 11.4 Å². The third-order valence-electron chi connectivity index (χ3n) is 2.70. The first-order valence-electron chi connectivity index (χ1n) is 6.11. The Hall–Kier alpha value is -1.42. The van der Waals surface area contributed by atoms with E-state index >= 15 is 0 Å². The van der Waals surface area contributed by atoms with E-state index in [-0.39, 0.29) is 11.9 Å². The molecule has 0 radical (unpaired) electrons. The highest BCUT2D eigenvalue weighted by atomic mass is 35.5. The summed E-state index contributed by atoms with van der Waals surface area (Å²) < 4.78 is 0. The third kappa shape index (κ3) is 4.84. The van der Waals surface area contributed by atoms with Gasteiger partial charge in [0.1, 0.15) is 0 Å². The molecule has 1 rings (SSSR count). The molecule has 1 atom stereocenters. The van der Waals surface area contributed by atoms with Crippen LogP contribution in [0.4, 0.5) is 11.4 Å². The van der Waals surface area contributed by atoms with Crippen molar-refractivity contribution >= 4 is 28.9 Å². The summed E-state index contributed by atoms with van der Waals surface area (Å²) in [5.74, 6) is 0.0393. The molecule has 100 valence electrons. The van der Waals surface area contributed by atoms with Crippen LogP contribution in [0.1, 0.15) is 26.7 Å². The molecule has 1 unspecified atom stereocenters. The molecule has 0 aliphatic heterocycles. The summed E-state index contributed by atoms with van der Waals surface area (Å²) in [5.41, 5.74) is 7.18. The number of nitrogens with two attached hydrogens (primary N) is 1. The van der Waals surface area contributed by atoms with Gasteiger partial charge < -0.3 is 16.4 Å². The van der Waals surface area contributed by atoms with Gasteiger partial charge in [-0.05, 0) is 31.5 Å². The van der Waals surface area contributed by atoms with Crippen LogP contribution in [0.2, 0.25) is 5.02 Å². The van der Waals surface area contributed by atoms with Gasteiger partial charge in [0.2, 0.25) is 5.91 Å². The van der Waals surface area contributed by atoms with E-state index in [1.165, 1.54) is 0 Å². The number of benzene rings is 1. The first-order chi connectivity index (χ1) is 8.52. The van der Waals surface area contributed by atoms with Crippen LogP contribution in [0.25, 0.3) is 0 Å². The molecule has 1 amide bonds. The molecule has 0 saturated carbocycles. The van der Waals surface area contributed by atoms with Crippen LogP contribution in [0.5, 0.6) is 0 Å². The third-order valence-corrected chi connectivity index (χ3v) is 2.94. The Balaban J connectivity index is 2.37. The van der Waals surface area contributed by atoms with E-state index in [1.807, 2.05) is 13.8 Å². The standard InChI is InChI=1S/C13H20ClN3O/c1-3-9(2)17-13(18)6-7-16-12-8-10(14)4-5-11(12)15/h4-5,8-9,16H,3,6-7,15H2,1-2H3,(H,17,18). The lowest BCUT2D eigenvalue weighted by Crippen LogP contribution is -2.32. The average molecular weight is 270 g/mol. The number of carbonyl (C=O) groups excluding carboxylic acids is 1. The summed E-state index contributed by atoms with van der Waals surface area (Å²) in [4.78, 5) is 11.5. The summed E-state index contributed by atoms with van der Waals surface area (Å²) in [6.45, 7) is 4.56. The molecule has 4 nitrogen and oxygen atoms in total. The number of rotatable bonds is 6. The van der Waals surface area contributed by atoms with E-state index < -0.39 is 0 Å². The Morgan fingerprint density at radius 1 is 1.50 bits per heavy atom. The zero-order chi connectivity index (χ0) is 13.5. The minimum atomic E-state index is 0.0393. The second kappa shape index (κ2) is 7.11. The summed E-state index contributed by atoms with van der Waals surface area (Å²) in [6.07, 6.45) is 1.34. The van der Waals surface area contributed by atoms with Crippen LogP contribution in [-0.2, 0) is 4.79 Å². The first-order valence-corrected chi connectivity index (χ1v) is 6.49. The molecule has 0 spiro atoms. The number of hydrogen-bond acceptors (Lipinski definition) is 3. The Kier molecular flexibility index (Phi) is 5.78. The van der Waals surface area contributed by atoms with Gasteiger partial charge in [0.25, 0.3) is 0 Å².